The average Bonchev–Trinajstić information content (AvgIpc) is 1.94. The highest BCUT2D eigenvalue weighted by atomic mass is 35.5. The first kappa shape index (κ1) is 13.1. The fraction of sp³-hybridized carbons (Fsp3) is 0. The standard InChI is InChI=1S/C6H6ClNO.H2O4S/c7-4-1-2-6(9)5(8)3-4;1-5(2,3)4/h1-3,9H,8H2;(H2,1,2,3,4). The topological polar surface area (TPSA) is 125 Å². The van der Waals surface area contributed by atoms with Gasteiger partial charge in [0.25, 0.3) is 0 Å². The molecule has 1 aromatic rings. The second-order valence-electron chi connectivity index (χ2n) is 2.20. The molecule has 0 heterocycles. The van der Waals surface area contributed by atoms with Crippen LogP contribution >= 0.6 is 11.6 Å². The van der Waals surface area contributed by atoms with Crippen molar-refractivity contribution in [2.45, 2.75) is 0 Å². The summed E-state index contributed by atoms with van der Waals surface area (Å²) in [4.78, 5) is 0. The van der Waals surface area contributed by atoms with Crippen molar-refractivity contribution >= 4 is 27.7 Å². The molecule has 0 aliphatic rings. The van der Waals surface area contributed by atoms with Gasteiger partial charge in [-0.2, -0.15) is 0 Å². The largest absolute Gasteiger partial charge is 0.726 e. The summed E-state index contributed by atoms with van der Waals surface area (Å²) < 4.78 is 32.8. The van der Waals surface area contributed by atoms with Gasteiger partial charge >= 0.3 is 0 Å². The van der Waals surface area contributed by atoms with Gasteiger partial charge in [-0.25, -0.2) is 8.42 Å². The van der Waals surface area contributed by atoms with Crippen molar-refractivity contribution < 1.29 is 28.4 Å². The smallest absolute Gasteiger partial charge is 0.215 e. The lowest BCUT2D eigenvalue weighted by atomic mass is 10.3. The van der Waals surface area contributed by atoms with Gasteiger partial charge in [0.1, 0.15) is 0 Å². The molecule has 0 atom stereocenters. The maximum Gasteiger partial charge on any atom is 0.215 e. The molecule has 8 heteroatoms. The third-order valence-electron chi connectivity index (χ3n) is 1.04. The second kappa shape index (κ2) is 5.13. The lowest BCUT2D eigenvalue weighted by molar-refractivity contribution is -0.256. The Hall–Kier alpha value is -0.860. The summed E-state index contributed by atoms with van der Waals surface area (Å²) in [5.74, 6) is 0.180. The van der Waals surface area contributed by atoms with Gasteiger partial charge in [0.05, 0.1) is 0 Å². The molecular formula is C6H8ClNO5S. The highest BCUT2D eigenvalue weighted by Crippen LogP contribution is 2.21. The van der Waals surface area contributed by atoms with Gasteiger partial charge in [-0.1, -0.05) is 11.6 Å². The van der Waals surface area contributed by atoms with E-state index >= 15 is 0 Å². The Morgan fingerprint density at radius 2 is 1.86 bits per heavy atom. The molecule has 0 spiro atoms. The van der Waals surface area contributed by atoms with E-state index in [1.165, 1.54) is 6.07 Å². The maximum absolute atomic E-state index is 8.92. The number of rotatable bonds is 0. The lowest BCUT2D eigenvalue weighted by Crippen LogP contribution is -2.40. The fourth-order valence-electron chi connectivity index (χ4n) is 0.554. The summed E-state index contributed by atoms with van der Waals surface area (Å²) in [6.07, 6.45) is 0. The van der Waals surface area contributed by atoms with Crippen molar-refractivity contribution in [3.05, 3.63) is 23.2 Å². The molecule has 1 aromatic carbocycles. The van der Waals surface area contributed by atoms with Gasteiger partial charge in [-0.15, -0.1) is 0 Å². The summed E-state index contributed by atoms with van der Waals surface area (Å²) in [6, 6.07) is 4.74. The molecule has 0 radical (unpaired) electrons. The van der Waals surface area contributed by atoms with Crippen LogP contribution in [0.3, 0.4) is 0 Å². The number of halogens is 1. The summed E-state index contributed by atoms with van der Waals surface area (Å²) in [6.45, 7) is 0. The summed E-state index contributed by atoms with van der Waals surface area (Å²) in [5.41, 5.74) is 4.10. The van der Waals surface area contributed by atoms with Crippen molar-refractivity contribution in [3.8, 4) is 5.75 Å². The molecule has 0 aliphatic carbocycles. The van der Waals surface area contributed by atoms with E-state index in [9.17, 15) is 0 Å². The number of hydrogen-bond donors (Lipinski definition) is 3. The van der Waals surface area contributed by atoms with E-state index in [2.05, 4.69) is 5.73 Å². The Morgan fingerprint density at radius 3 is 2.14 bits per heavy atom. The SMILES string of the molecule is O=S(=O)([O-])O.[NH3+]c1cc(Cl)ccc1O. The van der Waals surface area contributed by atoms with Crippen LogP contribution in [0.1, 0.15) is 0 Å². The minimum Gasteiger partial charge on any atom is -0.726 e. The zero-order chi connectivity index (χ0) is 11.4. The molecular weight excluding hydrogens is 234 g/mol. The molecule has 0 aromatic heterocycles. The highest BCUT2D eigenvalue weighted by Gasteiger charge is 1.97. The Kier molecular flexibility index (Phi) is 4.81. The number of phenols is 1. The van der Waals surface area contributed by atoms with Crippen molar-refractivity contribution in [1.82, 2.24) is 0 Å². The van der Waals surface area contributed by atoms with Crippen LogP contribution in [0, 0.1) is 0 Å². The molecule has 1 rings (SSSR count). The molecule has 0 saturated carbocycles. The van der Waals surface area contributed by atoms with Gasteiger partial charge in [-0.05, 0) is 12.1 Å². The van der Waals surface area contributed by atoms with Crippen molar-refractivity contribution in [2.75, 3.05) is 0 Å². The molecule has 0 fully saturated rings. The van der Waals surface area contributed by atoms with Gasteiger partial charge < -0.3 is 15.4 Å². The fourth-order valence-corrected chi connectivity index (χ4v) is 0.749. The number of aromatic hydroxyl groups is 1. The molecule has 0 unspecified atom stereocenters. The monoisotopic (exact) mass is 241 g/mol. The van der Waals surface area contributed by atoms with Crippen LogP contribution in [-0.4, -0.2) is 22.6 Å². The van der Waals surface area contributed by atoms with Crippen molar-refractivity contribution in [3.63, 3.8) is 0 Å². The summed E-state index contributed by atoms with van der Waals surface area (Å²) in [5, 5.41) is 9.52. The predicted octanol–water partition coefficient (Wildman–Crippen LogP) is -0.0764. The molecule has 0 bridgehead atoms. The van der Waals surface area contributed by atoms with E-state index < -0.39 is 10.4 Å². The molecule has 6 nitrogen and oxygen atoms in total. The van der Waals surface area contributed by atoms with E-state index in [1.54, 1.807) is 12.1 Å². The van der Waals surface area contributed by atoms with Gasteiger partial charge in [-0.3, -0.25) is 4.55 Å². The molecule has 0 amide bonds. The predicted molar refractivity (Wildman–Crippen MR) is 48.0 cm³/mol. The van der Waals surface area contributed by atoms with Crippen molar-refractivity contribution in [2.24, 2.45) is 0 Å². The molecule has 0 saturated heterocycles. The van der Waals surface area contributed by atoms with Gasteiger partial charge in [0.15, 0.2) is 11.4 Å². The third-order valence-corrected chi connectivity index (χ3v) is 1.28. The van der Waals surface area contributed by atoms with E-state index in [-0.39, 0.29) is 5.75 Å². The molecule has 80 valence electrons. The van der Waals surface area contributed by atoms with Crippen molar-refractivity contribution in [1.29, 1.82) is 0 Å². The van der Waals surface area contributed by atoms with E-state index in [1.807, 2.05) is 0 Å². The number of phenolic OH excluding ortho intramolecular Hbond substituents is 1. The Labute approximate surface area is 85.5 Å². The number of quaternary nitrogens is 1. The first-order chi connectivity index (χ1) is 6.20. The second-order valence-corrected chi connectivity index (χ2v) is 3.49. The highest BCUT2D eigenvalue weighted by molar-refractivity contribution is 7.79. The van der Waals surface area contributed by atoms with Crippen LogP contribution < -0.4 is 5.73 Å². The first-order valence-electron chi connectivity index (χ1n) is 3.19. The van der Waals surface area contributed by atoms with Gasteiger partial charge in [0, 0.05) is 11.1 Å². The average molecular weight is 242 g/mol. The Morgan fingerprint density at radius 1 is 1.43 bits per heavy atom. The quantitative estimate of drug-likeness (QED) is 0.433. The molecule has 5 N–H and O–H groups in total. The van der Waals surface area contributed by atoms with Crippen LogP contribution in [0.25, 0.3) is 0 Å². The maximum atomic E-state index is 8.92. The molecule has 14 heavy (non-hydrogen) atoms. The molecule has 0 aliphatic heterocycles. The third kappa shape index (κ3) is 7.77. The minimum absolute atomic E-state index is 0.180. The van der Waals surface area contributed by atoms with Crippen LogP contribution in [-0.2, 0) is 10.4 Å². The van der Waals surface area contributed by atoms with Crippen LogP contribution in [0.15, 0.2) is 18.2 Å². The summed E-state index contributed by atoms with van der Waals surface area (Å²) in [7, 11) is -4.92. The van der Waals surface area contributed by atoms with E-state index in [0.29, 0.717) is 10.7 Å². The van der Waals surface area contributed by atoms with Gasteiger partial charge in [0.2, 0.25) is 10.4 Å². The Bertz CT molecular complexity index is 397. The van der Waals surface area contributed by atoms with E-state index in [4.69, 9.17) is 34.2 Å². The first-order valence-corrected chi connectivity index (χ1v) is 4.93. The van der Waals surface area contributed by atoms with Crippen LogP contribution in [0.4, 0.5) is 5.69 Å². The zero-order valence-corrected chi connectivity index (χ0v) is 8.42. The normalized spacial score (nSPS) is 10.3. The van der Waals surface area contributed by atoms with E-state index in [0.717, 1.165) is 0 Å². The number of benzene rings is 1. The lowest BCUT2D eigenvalue weighted by Gasteiger charge is -1.92. The zero-order valence-electron chi connectivity index (χ0n) is 6.84. The Balaban J connectivity index is 0.000000292. The summed E-state index contributed by atoms with van der Waals surface area (Å²) >= 11 is 5.57. The number of hydrogen-bond acceptors (Lipinski definition) is 4. The van der Waals surface area contributed by atoms with Crippen LogP contribution in [0.2, 0.25) is 5.02 Å². The minimum atomic E-state index is -4.92. The van der Waals surface area contributed by atoms with Crippen LogP contribution in [0.5, 0.6) is 5.75 Å².